The Morgan fingerprint density at radius 3 is 2.52 bits per heavy atom. The largest absolute Gasteiger partial charge is 0.416 e. The summed E-state index contributed by atoms with van der Waals surface area (Å²) in [4.78, 5) is 18.7. The van der Waals surface area contributed by atoms with Gasteiger partial charge in [0.15, 0.2) is 0 Å². The molecular weight excluding hydrogens is 383 g/mol. The number of nitrogens with zero attached hydrogens (tertiary/aromatic N) is 3. The lowest BCUT2D eigenvalue weighted by Crippen LogP contribution is -2.41. The van der Waals surface area contributed by atoms with Crippen LogP contribution in [0.25, 0.3) is 11.4 Å². The minimum Gasteiger partial charge on any atom is -0.339 e. The molecule has 1 amide bonds. The van der Waals surface area contributed by atoms with Gasteiger partial charge in [-0.1, -0.05) is 45.0 Å². The van der Waals surface area contributed by atoms with E-state index in [-0.39, 0.29) is 34.6 Å². The van der Waals surface area contributed by atoms with Crippen LogP contribution in [0.15, 0.2) is 28.8 Å². The fourth-order valence-electron chi connectivity index (χ4n) is 2.89. The van der Waals surface area contributed by atoms with Gasteiger partial charge in [-0.25, -0.2) is 0 Å². The molecule has 1 atom stereocenters. The van der Waals surface area contributed by atoms with E-state index in [0.717, 1.165) is 18.6 Å². The molecule has 0 N–H and O–H groups in total. The lowest BCUT2D eigenvalue weighted by molar-refractivity contribution is -0.137. The zero-order chi connectivity index (χ0) is 21.8. The van der Waals surface area contributed by atoms with E-state index >= 15 is 0 Å². The van der Waals surface area contributed by atoms with E-state index in [2.05, 4.69) is 10.1 Å². The molecule has 0 radical (unpaired) electrons. The zero-order valence-corrected chi connectivity index (χ0v) is 17.5. The van der Waals surface area contributed by atoms with Crippen molar-refractivity contribution < 1.29 is 22.5 Å². The smallest absolute Gasteiger partial charge is 0.339 e. The third-order valence-corrected chi connectivity index (χ3v) is 4.61. The maximum Gasteiger partial charge on any atom is 0.416 e. The van der Waals surface area contributed by atoms with Gasteiger partial charge in [0, 0.05) is 31.0 Å². The minimum atomic E-state index is -4.44. The lowest BCUT2D eigenvalue weighted by Gasteiger charge is -2.31. The van der Waals surface area contributed by atoms with Crippen LogP contribution in [0.3, 0.4) is 0 Å². The molecule has 0 saturated heterocycles. The molecule has 29 heavy (non-hydrogen) atoms. The van der Waals surface area contributed by atoms with Gasteiger partial charge < -0.3 is 9.42 Å². The summed E-state index contributed by atoms with van der Waals surface area (Å²) < 4.78 is 43.9. The van der Waals surface area contributed by atoms with Crippen molar-refractivity contribution in [2.45, 2.75) is 66.1 Å². The molecule has 8 heteroatoms. The van der Waals surface area contributed by atoms with Crippen LogP contribution >= 0.6 is 0 Å². The van der Waals surface area contributed by atoms with Gasteiger partial charge in [-0.05, 0) is 30.9 Å². The normalized spacial score (nSPS) is 13.4. The molecular formula is C21H28F3N3O2. The quantitative estimate of drug-likeness (QED) is 0.615. The number of rotatable bonds is 7. The molecule has 1 heterocycles. The van der Waals surface area contributed by atoms with Crippen molar-refractivity contribution in [1.82, 2.24) is 15.0 Å². The number of halogens is 3. The molecule has 0 saturated carbocycles. The summed E-state index contributed by atoms with van der Waals surface area (Å²) in [7, 11) is 0. The number of benzene rings is 1. The standard InChI is InChI=1S/C21H28F3N3O2/c1-6-14(2)27(18(28)13-20(3,4)5)11-10-17-25-19(26-29-17)15-8-7-9-16(12-15)21(22,23)24/h7-9,12,14H,6,10-11,13H2,1-5H3/t14-/m1/s1. The molecule has 2 aromatic rings. The van der Waals surface area contributed by atoms with Gasteiger partial charge in [0.1, 0.15) is 0 Å². The van der Waals surface area contributed by atoms with Crippen LogP contribution in [-0.2, 0) is 17.4 Å². The number of carbonyl (C=O) groups is 1. The van der Waals surface area contributed by atoms with Gasteiger partial charge >= 0.3 is 6.18 Å². The molecule has 0 fully saturated rings. The number of hydrogen-bond acceptors (Lipinski definition) is 4. The Morgan fingerprint density at radius 1 is 1.24 bits per heavy atom. The Morgan fingerprint density at radius 2 is 1.93 bits per heavy atom. The Labute approximate surface area is 169 Å². The monoisotopic (exact) mass is 411 g/mol. The van der Waals surface area contributed by atoms with Crippen molar-refractivity contribution in [1.29, 1.82) is 0 Å². The van der Waals surface area contributed by atoms with E-state index in [1.54, 1.807) is 4.90 Å². The van der Waals surface area contributed by atoms with E-state index in [0.29, 0.717) is 19.4 Å². The first kappa shape index (κ1) is 22.9. The van der Waals surface area contributed by atoms with E-state index in [4.69, 9.17) is 4.52 Å². The highest BCUT2D eigenvalue weighted by Crippen LogP contribution is 2.31. The predicted octanol–water partition coefficient (Wildman–Crippen LogP) is 5.36. The molecule has 0 bridgehead atoms. The first-order valence-electron chi connectivity index (χ1n) is 9.70. The topological polar surface area (TPSA) is 59.2 Å². The molecule has 1 aromatic heterocycles. The molecule has 5 nitrogen and oxygen atoms in total. The number of aromatic nitrogens is 2. The van der Waals surface area contributed by atoms with Crippen LogP contribution in [0, 0.1) is 5.41 Å². The second-order valence-corrected chi connectivity index (χ2v) is 8.42. The summed E-state index contributed by atoms with van der Waals surface area (Å²) >= 11 is 0. The van der Waals surface area contributed by atoms with E-state index < -0.39 is 11.7 Å². The molecule has 0 aliphatic rings. The van der Waals surface area contributed by atoms with Gasteiger partial charge in [0.05, 0.1) is 5.56 Å². The second-order valence-electron chi connectivity index (χ2n) is 8.42. The summed E-state index contributed by atoms with van der Waals surface area (Å²) in [5.41, 5.74) is -0.654. The third-order valence-electron chi connectivity index (χ3n) is 4.61. The Bertz CT molecular complexity index is 825. The van der Waals surface area contributed by atoms with E-state index in [9.17, 15) is 18.0 Å². The van der Waals surface area contributed by atoms with Crippen LogP contribution in [0.4, 0.5) is 13.2 Å². The van der Waals surface area contributed by atoms with Crippen LogP contribution in [0.5, 0.6) is 0 Å². The number of carbonyl (C=O) groups excluding carboxylic acids is 1. The van der Waals surface area contributed by atoms with Gasteiger partial charge in [0.2, 0.25) is 17.6 Å². The molecule has 0 aliphatic carbocycles. The van der Waals surface area contributed by atoms with Crippen molar-refractivity contribution in [3.8, 4) is 11.4 Å². The van der Waals surface area contributed by atoms with Crippen LogP contribution < -0.4 is 0 Å². The highest BCUT2D eigenvalue weighted by molar-refractivity contribution is 5.77. The second kappa shape index (κ2) is 8.97. The molecule has 1 aromatic carbocycles. The van der Waals surface area contributed by atoms with E-state index in [1.165, 1.54) is 12.1 Å². The predicted molar refractivity (Wildman–Crippen MR) is 104 cm³/mol. The SMILES string of the molecule is CC[C@@H](C)N(CCc1nc(-c2cccc(C(F)(F)F)c2)no1)C(=O)CC(C)(C)C. The molecule has 2 rings (SSSR count). The summed E-state index contributed by atoms with van der Waals surface area (Å²) in [6.07, 6.45) is -2.86. The van der Waals surface area contributed by atoms with Gasteiger partial charge in [-0.15, -0.1) is 0 Å². The molecule has 0 aliphatic heterocycles. The Hall–Kier alpha value is -2.38. The molecule has 0 spiro atoms. The van der Waals surface area contributed by atoms with Gasteiger partial charge in [-0.3, -0.25) is 4.79 Å². The summed E-state index contributed by atoms with van der Waals surface area (Å²) in [5.74, 6) is 0.445. The maximum atomic E-state index is 12.9. The van der Waals surface area contributed by atoms with Crippen molar-refractivity contribution in [2.24, 2.45) is 5.41 Å². The Balaban J connectivity index is 2.11. The minimum absolute atomic E-state index is 0.0597. The highest BCUT2D eigenvalue weighted by Gasteiger charge is 2.31. The number of alkyl halides is 3. The zero-order valence-electron chi connectivity index (χ0n) is 17.5. The fraction of sp³-hybridized carbons (Fsp3) is 0.571. The van der Waals surface area contributed by atoms with Crippen LogP contribution in [0.2, 0.25) is 0 Å². The van der Waals surface area contributed by atoms with E-state index in [1.807, 2.05) is 34.6 Å². The summed E-state index contributed by atoms with van der Waals surface area (Å²) in [6.45, 7) is 10.5. The Kier molecular flexibility index (Phi) is 7.08. The van der Waals surface area contributed by atoms with Crippen molar-refractivity contribution >= 4 is 5.91 Å². The van der Waals surface area contributed by atoms with Crippen LogP contribution in [0.1, 0.15) is 58.9 Å². The average Bonchev–Trinajstić information content (AvgIpc) is 3.08. The highest BCUT2D eigenvalue weighted by atomic mass is 19.4. The maximum absolute atomic E-state index is 12.9. The number of amides is 1. The first-order chi connectivity index (χ1) is 13.4. The molecule has 160 valence electrons. The number of hydrogen-bond donors (Lipinski definition) is 0. The lowest BCUT2D eigenvalue weighted by atomic mass is 9.91. The first-order valence-corrected chi connectivity index (χ1v) is 9.70. The third kappa shape index (κ3) is 6.58. The summed E-state index contributed by atoms with van der Waals surface area (Å²) in [6, 6.07) is 4.87. The van der Waals surface area contributed by atoms with Crippen molar-refractivity contribution in [3.05, 3.63) is 35.7 Å². The van der Waals surface area contributed by atoms with Crippen molar-refractivity contribution in [2.75, 3.05) is 6.54 Å². The van der Waals surface area contributed by atoms with Gasteiger partial charge in [0.25, 0.3) is 0 Å². The summed E-state index contributed by atoms with van der Waals surface area (Å²) in [5, 5.41) is 3.80. The molecule has 0 unspecified atom stereocenters. The van der Waals surface area contributed by atoms with Crippen LogP contribution in [-0.4, -0.2) is 33.5 Å². The van der Waals surface area contributed by atoms with Gasteiger partial charge in [-0.2, -0.15) is 18.2 Å². The fourth-order valence-corrected chi connectivity index (χ4v) is 2.89. The average molecular weight is 411 g/mol. The van der Waals surface area contributed by atoms with Crippen molar-refractivity contribution in [3.63, 3.8) is 0 Å².